The number of carboxylic acids is 1. The highest BCUT2D eigenvalue weighted by molar-refractivity contribution is 5.87. The lowest BCUT2D eigenvalue weighted by molar-refractivity contribution is 0.0694. The van der Waals surface area contributed by atoms with Crippen molar-refractivity contribution in [3.8, 4) is 0 Å². The van der Waals surface area contributed by atoms with E-state index in [1.807, 2.05) is 7.05 Å². The molecular weight excluding hydrogens is 208 g/mol. The Kier molecular flexibility index (Phi) is 2.78. The maximum absolute atomic E-state index is 11.3. The first-order chi connectivity index (χ1) is 7.59. The van der Waals surface area contributed by atoms with Crippen molar-refractivity contribution in [3.05, 3.63) is 33.7 Å². The molecule has 5 heteroatoms. The van der Waals surface area contributed by atoms with Crippen LogP contribution in [0.4, 0.5) is 0 Å². The summed E-state index contributed by atoms with van der Waals surface area (Å²) >= 11 is 0. The van der Waals surface area contributed by atoms with Crippen molar-refractivity contribution in [3.63, 3.8) is 0 Å². The van der Waals surface area contributed by atoms with E-state index in [9.17, 15) is 9.59 Å². The predicted molar refractivity (Wildman–Crippen MR) is 58.6 cm³/mol. The first kappa shape index (κ1) is 10.9. The fraction of sp³-hybridized carbons (Fsp3) is 0.455. The average Bonchev–Trinajstić information content (AvgIpc) is 2.65. The third-order valence-corrected chi connectivity index (χ3v) is 3.06. The van der Waals surface area contributed by atoms with Gasteiger partial charge in [0.25, 0.3) is 5.56 Å². The number of likely N-dealkylation sites (tertiary alicyclic amines) is 1. The molecule has 0 aromatic carbocycles. The van der Waals surface area contributed by atoms with Crippen molar-refractivity contribution < 1.29 is 9.90 Å². The molecule has 0 radical (unpaired) electrons. The molecule has 1 aliphatic heterocycles. The molecule has 0 bridgehead atoms. The predicted octanol–water partition coefficient (Wildman–Crippen LogP) is 0.840. The number of nitrogens with one attached hydrogen (secondary N) is 1. The molecule has 2 heterocycles. The molecule has 1 fully saturated rings. The Balaban J connectivity index is 2.39. The lowest BCUT2D eigenvalue weighted by Gasteiger charge is -2.19. The Morgan fingerprint density at radius 1 is 1.62 bits per heavy atom. The van der Waals surface area contributed by atoms with Gasteiger partial charge in [-0.1, -0.05) is 0 Å². The number of hydrogen-bond acceptors (Lipinski definition) is 3. The number of carbonyl (C=O) groups is 1. The monoisotopic (exact) mass is 222 g/mol. The van der Waals surface area contributed by atoms with Crippen LogP contribution >= 0.6 is 0 Å². The van der Waals surface area contributed by atoms with Gasteiger partial charge in [-0.05, 0) is 38.1 Å². The van der Waals surface area contributed by atoms with Gasteiger partial charge in [0.2, 0.25) is 0 Å². The van der Waals surface area contributed by atoms with E-state index >= 15 is 0 Å². The number of nitrogens with zero attached hydrogens (tertiary/aromatic N) is 1. The van der Waals surface area contributed by atoms with Crippen LogP contribution in [0.5, 0.6) is 0 Å². The molecule has 1 aromatic heterocycles. The molecule has 1 aliphatic rings. The van der Waals surface area contributed by atoms with Gasteiger partial charge in [-0.3, -0.25) is 9.69 Å². The zero-order valence-corrected chi connectivity index (χ0v) is 9.06. The number of H-pyrrole nitrogens is 1. The van der Waals surface area contributed by atoms with Crippen molar-refractivity contribution in [1.29, 1.82) is 0 Å². The standard InChI is InChI=1S/C11H14N2O3/c1-13-4-2-3-9(13)7-5-8(11(15)16)10(14)12-6-7/h5-6,9H,2-4H2,1H3,(H,12,14)(H,15,16). The zero-order chi connectivity index (χ0) is 11.7. The highest BCUT2D eigenvalue weighted by Gasteiger charge is 2.24. The number of hydrogen-bond donors (Lipinski definition) is 2. The Morgan fingerprint density at radius 3 is 2.94 bits per heavy atom. The summed E-state index contributed by atoms with van der Waals surface area (Å²) in [5.74, 6) is -1.18. The number of rotatable bonds is 2. The van der Waals surface area contributed by atoms with E-state index < -0.39 is 11.5 Å². The quantitative estimate of drug-likeness (QED) is 0.777. The summed E-state index contributed by atoms with van der Waals surface area (Å²) < 4.78 is 0. The highest BCUT2D eigenvalue weighted by atomic mass is 16.4. The van der Waals surface area contributed by atoms with Gasteiger partial charge >= 0.3 is 5.97 Å². The number of pyridine rings is 1. The Morgan fingerprint density at radius 2 is 2.38 bits per heavy atom. The second kappa shape index (κ2) is 4.09. The van der Waals surface area contributed by atoms with E-state index in [1.54, 1.807) is 6.20 Å². The summed E-state index contributed by atoms with van der Waals surface area (Å²) in [6, 6.07) is 1.70. The molecule has 86 valence electrons. The highest BCUT2D eigenvalue weighted by Crippen LogP contribution is 2.29. The summed E-state index contributed by atoms with van der Waals surface area (Å²) in [6.45, 7) is 1.01. The minimum Gasteiger partial charge on any atom is -0.477 e. The Labute approximate surface area is 92.7 Å². The van der Waals surface area contributed by atoms with Crippen LogP contribution in [0.2, 0.25) is 0 Å². The van der Waals surface area contributed by atoms with Crippen molar-refractivity contribution in [2.24, 2.45) is 0 Å². The van der Waals surface area contributed by atoms with Gasteiger partial charge in [0.15, 0.2) is 0 Å². The number of aromatic nitrogens is 1. The molecule has 1 atom stereocenters. The number of aromatic carboxylic acids is 1. The van der Waals surface area contributed by atoms with Crippen LogP contribution in [-0.2, 0) is 0 Å². The molecular formula is C11H14N2O3. The first-order valence-corrected chi connectivity index (χ1v) is 5.26. The second-order valence-electron chi connectivity index (χ2n) is 4.12. The molecule has 0 aliphatic carbocycles. The molecule has 1 aromatic rings. The first-order valence-electron chi connectivity index (χ1n) is 5.26. The number of aromatic amines is 1. The van der Waals surface area contributed by atoms with Crippen LogP contribution in [0.1, 0.15) is 34.8 Å². The molecule has 2 N–H and O–H groups in total. The SMILES string of the molecule is CN1CCCC1c1c[nH]c(=O)c(C(=O)O)c1. The Hall–Kier alpha value is -1.62. The smallest absolute Gasteiger partial charge is 0.341 e. The van der Waals surface area contributed by atoms with Crippen molar-refractivity contribution in [2.75, 3.05) is 13.6 Å². The van der Waals surface area contributed by atoms with Crippen molar-refractivity contribution in [1.82, 2.24) is 9.88 Å². The van der Waals surface area contributed by atoms with Crippen LogP contribution in [-0.4, -0.2) is 34.6 Å². The van der Waals surface area contributed by atoms with Gasteiger partial charge in [0.1, 0.15) is 5.56 Å². The molecule has 16 heavy (non-hydrogen) atoms. The van der Waals surface area contributed by atoms with Gasteiger partial charge < -0.3 is 10.1 Å². The van der Waals surface area contributed by atoms with E-state index in [-0.39, 0.29) is 11.6 Å². The maximum atomic E-state index is 11.3. The minimum absolute atomic E-state index is 0.183. The van der Waals surface area contributed by atoms with Gasteiger partial charge in [-0.15, -0.1) is 0 Å². The maximum Gasteiger partial charge on any atom is 0.341 e. The van der Waals surface area contributed by atoms with Crippen LogP contribution in [0.3, 0.4) is 0 Å². The van der Waals surface area contributed by atoms with Crippen LogP contribution in [0, 0.1) is 0 Å². The molecule has 2 rings (SSSR count). The third-order valence-electron chi connectivity index (χ3n) is 3.06. The van der Waals surface area contributed by atoms with Crippen LogP contribution < -0.4 is 5.56 Å². The molecule has 1 unspecified atom stereocenters. The summed E-state index contributed by atoms with van der Waals surface area (Å²) in [5, 5.41) is 8.87. The van der Waals surface area contributed by atoms with Gasteiger partial charge in [-0.2, -0.15) is 0 Å². The van der Waals surface area contributed by atoms with Gasteiger partial charge in [-0.25, -0.2) is 4.79 Å². The zero-order valence-electron chi connectivity index (χ0n) is 9.06. The molecule has 5 nitrogen and oxygen atoms in total. The largest absolute Gasteiger partial charge is 0.477 e. The fourth-order valence-electron chi connectivity index (χ4n) is 2.18. The number of carboxylic acid groups (broad SMARTS) is 1. The van der Waals surface area contributed by atoms with Gasteiger partial charge in [0, 0.05) is 12.2 Å². The lowest BCUT2D eigenvalue weighted by Crippen LogP contribution is -2.22. The fourth-order valence-corrected chi connectivity index (χ4v) is 2.18. The second-order valence-corrected chi connectivity index (χ2v) is 4.12. The van der Waals surface area contributed by atoms with Crippen LogP contribution in [0.15, 0.2) is 17.1 Å². The molecule has 0 saturated carbocycles. The molecule has 1 saturated heterocycles. The van der Waals surface area contributed by atoms with E-state index in [4.69, 9.17) is 5.11 Å². The summed E-state index contributed by atoms with van der Waals surface area (Å²) in [5.41, 5.74) is 0.145. The van der Waals surface area contributed by atoms with E-state index in [0.29, 0.717) is 0 Å². The topological polar surface area (TPSA) is 73.4 Å². The minimum atomic E-state index is -1.18. The Bertz CT molecular complexity index is 467. The van der Waals surface area contributed by atoms with E-state index in [0.717, 1.165) is 24.9 Å². The normalized spacial score (nSPS) is 21.2. The summed E-state index contributed by atoms with van der Waals surface area (Å²) in [7, 11) is 2.00. The van der Waals surface area contributed by atoms with Crippen molar-refractivity contribution in [2.45, 2.75) is 18.9 Å². The van der Waals surface area contributed by atoms with E-state index in [2.05, 4.69) is 9.88 Å². The third kappa shape index (κ3) is 1.86. The molecule has 0 amide bonds. The van der Waals surface area contributed by atoms with Gasteiger partial charge in [0.05, 0.1) is 0 Å². The summed E-state index contributed by atoms with van der Waals surface area (Å²) in [4.78, 5) is 26.7. The lowest BCUT2D eigenvalue weighted by atomic mass is 10.1. The van der Waals surface area contributed by atoms with E-state index in [1.165, 1.54) is 6.07 Å². The average molecular weight is 222 g/mol. The molecule has 0 spiro atoms. The van der Waals surface area contributed by atoms with Crippen LogP contribution in [0.25, 0.3) is 0 Å². The van der Waals surface area contributed by atoms with Crippen molar-refractivity contribution >= 4 is 5.97 Å². The summed E-state index contributed by atoms with van der Waals surface area (Å²) in [6.07, 6.45) is 3.71.